The molecule has 0 saturated carbocycles. The quantitative estimate of drug-likeness (QED) is 0.559. The van der Waals surface area contributed by atoms with E-state index in [2.05, 4.69) is 10.6 Å². The molecule has 1 aliphatic heterocycles. The maximum Gasteiger partial charge on any atom is 0.257 e. The minimum atomic E-state index is -0.227. The summed E-state index contributed by atoms with van der Waals surface area (Å²) in [5.41, 5.74) is 1.83. The number of hydrogen-bond acceptors (Lipinski definition) is 5. The fourth-order valence-corrected chi connectivity index (χ4v) is 3.97. The number of piperidine rings is 1. The van der Waals surface area contributed by atoms with Crippen LogP contribution in [0.25, 0.3) is 0 Å². The van der Waals surface area contributed by atoms with Crippen molar-refractivity contribution in [3.63, 3.8) is 0 Å². The van der Waals surface area contributed by atoms with Crippen molar-refractivity contribution in [1.82, 2.24) is 15.5 Å². The Kier molecular flexibility index (Phi) is 9.31. The van der Waals surface area contributed by atoms with E-state index < -0.39 is 0 Å². The first-order chi connectivity index (χ1) is 16.5. The van der Waals surface area contributed by atoms with E-state index >= 15 is 0 Å². The average Bonchev–Trinajstić information content (AvgIpc) is 2.87. The molecule has 1 saturated heterocycles. The molecule has 0 bridgehead atoms. The van der Waals surface area contributed by atoms with Crippen molar-refractivity contribution in [3.05, 3.63) is 59.7 Å². The van der Waals surface area contributed by atoms with E-state index in [1.165, 1.54) is 7.11 Å². The highest BCUT2D eigenvalue weighted by atomic mass is 16.5. The molecule has 1 atom stereocenters. The van der Waals surface area contributed by atoms with Gasteiger partial charge in [0.25, 0.3) is 5.91 Å². The first kappa shape index (κ1) is 25.1. The van der Waals surface area contributed by atoms with Crippen molar-refractivity contribution in [2.45, 2.75) is 32.7 Å². The van der Waals surface area contributed by atoms with E-state index in [-0.39, 0.29) is 30.2 Å². The van der Waals surface area contributed by atoms with Crippen LogP contribution in [0.5, 0.6) is 11.5 Å². The van der Waals surface area contributed by atoms with Gasteiger partial charge in [-0.15, -0.1) is 0 Å². The van der Waals surface area contributed by atoms with Crippen LogP contribution in [0.3, 0.4) is 0 Å². The third-order valence-corrected chi connectivity index (χ3v) is 5.77. The summed E-state index contributed by atoms with van der Waals surface area (Å²) in [7, 11) is 1.53. The Hall–Kier alpha value is -3.55. The van der Waals surface area contributed by atoms with Gasteiger partial charge < -0.3 is 25.0 Å². The van der Waals surface area contributed by atoms with Gasteiger partial charge in [-0.1, -0.05) is 36.4 Å². The van der Waals surface area contributed by atoms with Crippen LogP contribution < -0.4 is 20.1 Å². The molecule has 8 heteroatoms. The predicted molar refractivity (Wildman–Crippen MR) is 128 cm³/mol. The van der Waals surface area contributed by atoms with Gasteiger partial charge in [0.1, 0.15) is 0 Å². The molecule has 34 heavy (non-hydrogen) atoms. The Morgan fingerprint density at radius 3 is 2.56 bits per heavy atom. The molecule has 0 spiro atoms. The molecule has 0 aliphatic carbocycles. The molecular formula is C26H33N3O5. The number of ether oxygens (including phenoxy) is 2. The summed E-state index contributed by atoms with van der Waals surface area (Å²) in [5, 5.41) is 5.65. The molecule has 1 heterocycles. The highest BCUT2D eigenvalue weighted by molar-refractivity contribution is 5.82. The van der Waals surface area contributed by atoms with Crippen LogP contribution >= 0.6 is 0 Å². The van der Waals surface area contributed by atoms with Crippen molar-refractivity contribution in [2.75, 3.05) is 33.4 Å². The van der Waals surface area contributed by atoms with Crippen molar-refractivity contribution in [1.29, 1.82) is 0 Å². The standard InChI is InChI=1S/C26H33N3O5/c1-3-27-24(30)18-34-22-12-11-20(14-23(22)33-2)16-28-26(32)21-10-7-13-29(17-21)25(31)15-19-8-5-4-6-9-19/h4-6,8-9,11-12,14,21H,3,7,10,13,15-18H2,1-2H3,(H,27,30)(H,28,32). The van der Waals surface area contributed by atoms with Gasteiger partial charge in [-0.25, -0.2) is 0 Å². The summed E-state index contributed by atoms with van der Waals surface area (Å²) < 4.78 is 10.9. The minimum absolute atomic E-state index is 0.0524. The van der Waals surface area contributed by atoms with Crippen molar-refractivity contribution >= 4 is 17.7 Å². The summed E-state index contributed by atoms with van der Waals surface area (Å²) in [6, 6.07) is 15.0. The molecule has 0 radical (unpaired) electrons. The lowest BCUT2D eigenvalue weighted by molar-refractivity contribution is -0.135. The Labute approximate surface area is 200 Å². The van der Waals surface area contributed by atoms with Crippen LogP contribution in [0, 0.1) is 5.92 Å². The first-order valence-electron chi connectivity index (χ1n) is 11.7. The predicted octanol–water partition coefficient (Wildman–Crippen LogP) is 2.31. The van der Waals surface area contributed by atoms with Crippen LogP contribution in [-0.2, 0) is 27.3 Å². The smallest absolute Gasteiger partial charge is 0.257 e. The van der Waals surface area contributed by atoms with Crippen molar-refractivity contribution < 1.29 is 23.9 Å². The molecule has 2 aromatic carbocycles. The lowest BCUT2D eigenvalue weighted by atomic mass is 9.96. The van der Waals surface area contributed by atoms with Crippen molar-refractivity contribution in [2.24, 2.45) is 5.92 Å². The monoisotopic (exact) mass is 467 g/mol. The Morgan fingerprint density at radius 1 is 1.03 bits per heavy atom. The summed E-state index contributed by atoms with van der Waals surface area (Å²) in [4.78, 5) is 38.9. The second kappa shape index (κ2) is 12.6. The molecule has 8 nitrogen and oxygen atoms in total. The van der Waals surface area contributed by atoms with Gasteiger partial charge in [-0.2, -0.15) is 0 Å². The van der Waals surface area contributed by atoms with Crippen LogP contribution in [0.2, 0.25) is 0 Å². The summed E-state index contributed by atoms with van der Waals surface area (Å²) in [6.45, 7) is 3.74. The molecule has 182 valence electrons. The van der Waals surface area contributed by atoms with E-state index in [0.29, 0.717) is 44.1 Å². The van der Waals surface area contributed by atoms with E-state index in [1.807, 2.05) is 43.3 Å². The fourth-order valence-electron chi connectivity index (χ4n) is 3.97. The van der Waals surface area contributed by atoms with E-state index in [1.54, 1.807) is 17.0 Å². The number of amides is 3. The number of methoxy groups -OCH3 is 1. The van der Waals surface area contributed by atoms with Crippen LogP contribution in [0.4, 0.5) is 0 Å². The second-order valence-corrected chi connectivity index (χ2v) is 8.29. The number of likely N-dealkylation sites (tertiary alicyclic amines) is 1. The zero-order valence-corrected chi connectivity index (χ0v) is 19.8. The third-order valence-electron chi connectivity index (χ3n) is 5.77. The minimum Gasteiger partial charge on any atom is -0.493 e. The van der Waals surface area contributed by atoms with Gasteiger partial charge in [0, 0.05) is 26.2 Å². The zero-order valence-electron chi connectivity index (χ0n) is 19.8. The summed E-state index contributed by atoms with van der Waals surface area (Å²) in [5.74, 6) is 0.513. The third kappa shape index (κ3) is 7.23. The Balaban J connectivity index is 1.51. The highest BCUT2D eigenvalue weighted by Gasteiger charge is 2.28. The van der Waals surface area contributed by atoms with Crippen LogP contribution in [-0.4, -0.2) is 56.0 Å². The maximum absolute atomic E-state index is 12.8. The number of hydrogen-bond donors (Lipinski definition) is 2. The molecule has 1 unspecified atom stereocenters. The SMILES string of the molecule is CCNC(=O)COc1ccc(CNC(=O)C2CCCN(C(=O)Cc3ccccc3)C2)cc1OC. The second-order valence-electron chi connectivity index (χ2n) is 8.29. The number of likely N-dealkylation sites (N-methyl/N-ethyl adjacent to an activating group) is 1. The molecular weight excluding hydrogens is 434 g/mol. The van der Waals surface area contributed by atoms with E-state index in [4.69, 9.17) is 9.47 Å². The summed E-state index contributed by atoms with van der Waals surface area (Å²) >= 11 is 0. The first-order valence-corrected chi connectivity index (χ1v) is 11.7. The molecule has 1 aliphatic rings. The topological polar surface area (TPSA) is 97.0 Å². The van der Waals surface area contributed by atoms with Crippen LogP contribution in [0.15, 0.2) is 48.5 Å². The summed E-state index contributed by atoms with van der Waals surface area (Å²) in [6.07, 6.45) is 1.92. The van der Waals surface area contributed by atoms with Gasteiger partial charge in [-0.3, -0.25) is 14.4 Å². The number of benzene rings is 2. The highest BCUT2D eigenvalue weighted by Crippen LogP contribution is 2.28. The maximum atomic E-state index is 12.8. The van der Waals surface area contributed by atoms with Crippen LogP contribution in [0.1, 0.15) is 30.9 Å². The number of nitrogens with zero attached hydrogens (tertiary/aromatic N) is 1. The zero-order chi connectivity index (χ0) is 24.3. The molecule has 0 aromatic heterocycles. The van der Waals surface area contributed by atoms with Gasteiger partial charge in [-0.05, 0) is 43.0 Å². The lowest BCUT2D eigenvalue weighted by Gasteiger charge is -2.32. The van der Waals surface area contributed by atoms with Gasteiger partial charge in [0.05, 0.1) is 19.4 Å². The van der Waals surface area contributed by atoms with E-state index in [9.17, 15) is 14.4 Å². The van der Waals surface area contributed by atoms with Crippen molar-refractivity contribution in [3.8, 4) is 11.5 Å². The normalized spacial score (nSPS) is 15.4. The Morgan fingerprint density at radius 2 is 1.82 bits per heavy atom. The molecule has 1 fully saturated rings. The number of rotatable bonds is 10. The average molecular weight is 468 g/mol. The Bertz CT molecular complexity index is 980. The fraction of sp³-hybridized carbons (Fsp3) is 0.423. The molecule has 3 rings (SSSR count). The van der Waals surface area contributed by atoms with E-state index in [0.717, 1.165) is 24.0 Å². The number of carbonyl (C=O) groups is 3. The lowest BCUT2D eigenvalue weighted by Crippen LogP contribution is -2.45. The largest absolute Gasteiger partial charge is 0.493 e. The molecule has 2 N–H and O–H groups in total. The molecule has 2 aromatic rings. The molecule has 3 amide bonds. The number of nitrogens with one attached hydrogen (secondary N) is 2. The van der Waals surface area contributed by atoms with Gasteiger partial charge in [0.15, 0.2) is 18.1 Å². The van der Waals surface area contributed by atoms with Gasteiger partial charge >= 0.3 is 0 Å². The number of carbonyl (C=O) groups excluding carboxylic acids is 3. The van der Waals surface area contributed by atoms with Gasteiger partial charge in [0.2, 0.25) is 11.8 Å².